The van der Waals surface area contributed by atoms with Gasteiger partial charge in [0.15, 0.2) is 0 Å². The first-order chi connectivity index (χ1) is 7.88. The van der Waals surface area contributed by atoms with Crippen LogP contribution in [0.4, 0.5) is 0 Å². The highest BCUT2D eigenvalue weighted by Crippen LogP contribution is 2.17. The Bertz CT molecular complexity index is 242. The molecule has 1 aliphatic heterocycles. The molecule has 0 saturated carbocycles. The Hall–Kier alpha value is -0.610. The maximum atomic E-state index is 11.7. The number of amides is 1. The zero-order valence-electron chi connectivity index (χ0n) is 11.6. The minimum atomic E-state index is 0.0618. The average Bonchev–Trinajstić information content (AvgIpc) is 2.25. The topological polar surface area (TPSA) is 41.6 Å². The van der Waals surface area contributed by atoms with Crippen molar-refractivity contribution >= 4 is 5.91 Å². The van der Waals surface area contributed by atoms with E-state index in [9.17, 15) is 4.79 Å². The fourth-order valence-electron chi connectivity index (χ4n) is 1.95. The summed E-state index contributed by atoms with van der Waals surface area (Å²) in [5, 5.41) is 3.01. The molecule has 17 heavy (non-hydrogen) atoms. The number of hydrogen-bond acceptors (Lipinski definition) is 3. The number of carbonyl (C=O) groups is 1. The summed E-state index contributed by atoms with van der Waals surface area (Å²) in [5.41, 5.74) is 0.0618. The fraction of sp³-hybridized carbons (Fsp3) is 0.923. The van der Waals surface area contributed by atoms with Crippen LogP contribution in [-0.4, -0.2) is 49.7 Å². The molecule has 1 atom stereocenters. The Balaban J connectivity index is 2.22. The van der Waals surface area contributed by atoms with Gasteiger partial charge in [0.25, 0.3) is 0 Å². The van der Waals surface area contributed by atoms with Crippen LogP contribution in [0.5, 0.6) is 0 Å². The number of hydrogen-bond donors (Lipinski definition) is 1. The highest BCUT2D eigenvalue weighted by Gasteiger charge is 2.19. The van der Waals surface area contributed by atoms with E-state index in [-0.39, 0.29) is 11.3 Å². The van der Waals surface area contributed by atoms with Crippen molar-refractivity contribution in [3.63, 3.8) is 0 Å². The van der Waals surface area contributed by atoms with Gasteiger partial charge in [-0.05, 0) is 12.3 Å². The molecule has 0 aromatic rings. The zero-order chi connectivity index (χ0) is 12.9. The molecule has 1 aliphatic rings. The van der Waals surface area contributed by atoms with Gasteiger partial charge in [0.2, 0.25) is 5.91 Å². The normalized spacial score (nSPS) is 20.0. The molecule has 1 saturated heterocycles. The van der Waals surface area contributed by atoms with Crippen molar-refractivity contribution in [2.24, 2.45) is 5.41 Å². The second kappa shape index (κ2) is 6.36. The molecule has 0 aromatic heterocycles. The number of carbonyl (C=O) groups excluding carboxylic acids is 1. The van der Waals surface area contributed by atoms with Gasteiger partial charge in [0.1, 0.15) is 0 Å². The monoisotopic (exact) mass is 242 g/mol. The van der Waals surface area contributed by atoms with Crippen molar-refractivity contribution in [1.82, 2.24) is 10.2 Å². The molecule has 4 nitrogen and oxygen atoms in total. The molecule has 0 radical (unpaired) electrons. The van der Waals surface area contributed by atoms with Crippen LogP contribution in [0.15, 0.2) is 0 Å². The molecule has 4 heteroatoms. The Morgan fingerprint density at radius 2 is 1.94 bits per heavy atom. The molecule has 100 valence electrons. The maximum absolute atomic E-state index is 11.7. The Morgan fingerprint density at radius 1 is 1.35 bits per heavy atom. The SMILES string of the molecule is CC(CNC(=O)CC(C)(C)C)N1CCOCC1. The van der Waals surface area contributed by atoms with Gasteiger partial charge in [-0.25, -0.2) is 0 Å². The van der Waals surface area contributed by atoms with Gasteiger partial charge >= 0.3 is 0 Å². The second-order valence-electron chi connectivity index (χ2n) is 6.04. The Labute approximate surface area is 105 Å². The van der Waals surface area contributed by atoms with Crippen molar-refractivity contribution in [2.75, 3.05) is 32.8 Å². The van der Waals surface area contributed by atoms with E-state index in [4.69, 9.17) is 4.74 Å². The molecular weight excluding hydrogens is 216 g/mol. The predicted octanol–water partition coefficient (Wildman–Crippen LogP) is 1.26. The highest BCUT2D eigenvalue weighted by atomic mass is 16.5. The van der Waals surface area contributed by atoms with Crippen LogP contribution in [0, 0.1) is 5.41 Å². The predicted molar refractivity (Wildman–Crippen MR) is 68.9 cm³/mol. The summed E-state index contributed by atoms with van der Waals surface area (Å²) in [6.45, 7) is 12.7. The van der Waals surface area contributed by atoms with Gasteiger partial charge in [-0.1, -0.05) is 20.8 Å². The molecular formula is C13H26N2O2. The third-order valence-electron chi connectivity index (χ3n) is 2.95. The standard InChI is InChI=1S/C13H26N2O2/c1-11(15-5-7-17-8-6-15)10-14-12(16)9-13(2,3)4/h11H,5-10H2,1-4H3,(H,14,16). The van der Waals surface area contributed by atoms with Gasteiger partial charge < -0.3 is 10.1 Å². The molecule has 0 aliphatic carbocycles. The summed E-state index contributed by atoms with van der Waals surface area (Å²) in [4.78, 5) is 14.1. The molecule has 1 unspecified atom stereocenters. The van der Waals surface area contributed by atoms with Crippen molar-refractivity contribution in [3.8, 4) is 0 Å². The molecule has 1 heterocycles. The van der Waals surface area contributed by atoms with E-state index >= 15 is 0 Å². The highest BCUT2D eigenvalue weighted by molar-refractivity contribution is 5.76. The van der Waals surface area contributed by atoms with Gasteiger partial charge in [-0.2, -0.15) is 0 Å². The lowest BCUT2D eigenvalue weighted by Gasteiger charge is -2.32. The summed E-state index contributed by atoms with van der Waals surface area (Å²) in [6, 6.07) is 0.391. The number of nitrogens with one attached hydrogen (secondary N) is 1. The molecule has 0 bridgehead atoms. The Kier molecular flexibility index (Phi) is 5.40. The largest absolute Gasteiger partial charge is 0.379 e. The lowest BCUT2D eigenvalue weighted by molar-refractivity contribution is -0.123. The van der Waals surface area contributed by atoms with E-state index in [1.165, 1.54) is 0 Å². The number of morpholine rings is 1. The van der Waals surface area contributed by atoms with Gasteiger partial charge in [-0.3, -0.25) is 9.69 Å². The smallest absolute Gasteiger partial charge is 0.220 e. The summed E-state index contributed by atoms with van der Waals surface area (Å²) >= 11 is 0. The molecule has 1 amide bonds. The number of nitrogens with zero attached hydrogens (tertiary/aromatic N) is 1. The van der Waals surface area contributed by atoms with Crippen molar-refractivity contribution in [2.45, 2.75) is 40.2 Å². The van der Waals surface area contributed by atoms with E-state index < -0.39 is 0 Å². The van der Waals surface area contributed by atoms with E-state index in [1.807, 2.05) is 0 Å². The van der Waals surface area contributed by atoms with E-state index in [0.717, 1.165) is 32.8 Å². The fourth-order valence-corrected chi connectivity index (χ4v) is 1.95. The first kappa shape index (κ1) is 14.5. The zero-order valence-corrected chi connectivity index (χ0v) is 11.6. The van der Waals surface area contributed by atoms with Crippen LogP contribution in [0.1, 0.15) is 34.1 Å². The molecule has 1 fully saturated rings. The van der Waals surface area contributed by atoms with Crippen LogP contribution in [0.25, 0.3) is 0 Å². The van der Waals surface area contributed by atoms with Crippen LogP contribution < -0.4 is 5.32 Å². The van der Waals surface area contributed by atoms with Gasteiger partial charge in [0, 0.05) is 32.1 Å². The van der Waals surface area contributed by atoms with E-state index in [1.54, 1.807) is 0 Å². The third-order valence-corrected chi connectivity index (χ3v) is 2.95. The van der Waals surface area contributed by atoms with Crippen molar-refractivity contribution in [3.05, 3.63) is 0 Å². The Morgan fingerprint density at radius 3 is 2.47 bits per heavy atom. The van der Waals surface area contributed by atoms with Crippen molar-refractivity contribution < 1.29 is 9.53 Å². The number of rotatable bonds is 4. The van der Waals surface area contributed by atoms with Gasteiger partial charge in [-0.15, -0.1) is 0 Å². The van der Waals surface area contributed by atoms with Crippen LogP contribution >= 0.6 is 0 Å². The summed E-state index contributed by atoms with van der Waals surface area (Å²) in [6.07, 6.45) is 0.586. The lowest BCUT2D eigenvalue weighted by atomic mass is 9.92. The van der Waals surface area contributed by atoms with E-state index in [2.05, 4.69) is 37.9 Å². The summed E-state index contributed by atoms with van der Waals surface area (Å²) in [5.74, 6) is 0.151. The minimum absolute atomic E-state index is 0.0618. The van der Waals surface area contributed by atoms with Crippen LogP contribution in [-0.2, 0) is 9.53 Å². The third kappa shape index (κ3) is 6.03. The van der Waals surface area contributed by atoms with E-state index in [0.29, 0.717) is 12.5 Å². The second-order valence-corrected chi connectivity index (χ2v) is 6.04. The lowest BCUT2D eigenvalue weighted by Crippen LogP contribution is -2.47. The minimum Gasteiger partial charge on any atom is -0.379 e. The first-order valence-corrected chi connectivity index (χ1v) is 6.47. The number of ether oxygens (including phenoxy) is 1. The van der Waals surface area contributed by atoms with Crippen LogP contribution in [0.3, 0.4) is 0 Å². The average molecular weight is 242 g/mol. The molecule has 0 aromatic carbocycles. The maximum Gasteiger partial charge on any atom is 0.220 e. The van der Waals surface area contributed by atoms with Crippen LogP contribution in [0.2, 0.25) is 0 Å². The van der Waals surface area contributed by atoms with Gasteiger partial charge in [0.05, 0.1) is 13.2 Å². The summed E-state index contributed by atoms with van der Waals surface area (Å²) < 4.78 is 5.31. The first-order valence-electron chi connectivity index (χ1n) is 6.47. The molecule has 0 spiro atoms. The van der Waals surface area contributed by atoms with Crippen molar-refractivity contribution in [1.29, 1.82) is 0 Å². The molecule has 1 rings (SSSR count). The quantitative estimate of drug-likeness (QED) is 0.807. The molecule has 1 N–H and O–H groups in total. The summed E-state index contributed by atoms with van der Waals surface area (Å²) in [7, 11) is 0.